The molecule has 2 aromatic carbocycles. The monoisotopic (exact) mass is 430 g/mol. The molecular weight excluding hydrogens is 403 g/mol. The minimum atomic E-state index is -1.01. The minimum Gasteiger partial charge on any atom is -0.493 e. The van der Waals surface area contributed by atoms with Crippen molar-refractivity contribution in [3.63, 3.8) is 0 Å². The Kier molecular flexibility index (Phi) is 7.11. The summed E-state index contributed by atoms with van der Waals surface area (Å²) >= 11 is 0. The summed E-state index contributed by atoms with van der Waals surface area (Å²) in [7, 11) is 8.72. The van der Waals surface area contributed by atoms with Gasteiger partial charge in [0.2, 0.25) is 11.5 Å². The summed E-state index contributed by atoms with van der Waals surface area (Å²) in [5.74, 6) is 3.66. The van der Waals surface area contributed by atoms with Gasteiger partial charge in [-0.25, -0.2) is 0 Å². The third kappa shape index (κ3) is 3.80. The van der Waals surface area contributed by atoms with Gasteiger partial charge in [-0.2, -0.15) is 0 Å². The average Bonchev–Trinajstić information content (AvgIpc) is 3.32. The highest BCUT2D eigenvalue weighted by Gasteiger charge is 2.30. The second-order valence-corrected chi connectivity index (χ2v) is 8.54. The van der Waals surface area contributed by atoms with Gasteiger partial charge in [-0.15, -0.1) is 0 Å². The molecule has 0 aromatic heterocycles. The van der Waals surface area contributed by atoms with Crippen molar-refractivity contribution in [1.29, 1.82) is 0 Å². The number of rotatable bonds is 9. The predicted octanol–water partition coefficient (Wildman–Crippen LogP) is 4.01. The van der Waals surface area contributed by atoms with E-state index in [9.17, 15) is 0 Å². The molecule has 0 atom stereocenters. The minimum absolute atomic E-state index is 0.566. The second kappa shape index (κ2) is 9.77. The summed E-state index contributed by atoms with van der Waals surface area (Å²) in [5.41, 5.74) is 0. The van der Waals surface area contributed by atoms with E-state index in [1.807, 2.05) is 24.3 Å². The van der Waals surface area contributed by atoms with E-state index in [2.05, 4.69) is 18.2 Å². The predicted molar refractivity (Wildman–Crippen MR) is 120 cm³/mol. The zero-order chi connectivity index (χ0) is 21.7. The largest absolute Gasteiger partial charge is 0.493 e. The molecule has 1 aliphatic rings. The van der Waals surface area contributed by atoms with E-state index in [0.29, 0.717) is 34.5 Å². The molecule has 2 aromatic rings. The van der Waals surface area contributed by atoms with Gasteiger partial charge in [-0.05, 0) is 43.9 Å². The number of benzene rings is 2. The van der Waals surface area contributed by atoms with Crippen molar-refractivity contribution in [3.05, 3.63) is 47.8 Å². The topological polar surface area (TPSA) is 55.4 Å². The molecule has 7 heteroatoms. The van der Waals surface area contributed by atoms with Crippen LogP contribution < -0.4 is 39.0 Å². The normalized spacial score (nSPS) is 12.6. The van der Waals surface area contributed by atoms with Gasteiger partial charge in [-0.1, -0.05) is 18.2 Å². The second-order valence-electron chi connectivity index (χ2n) is 6.33. The molecule has 0 heterocycles. The van der Waals surface area contributed by atoms with Crippen molar-refractivity contribution in [2.75, 3.05) is 42.7 Å². The molecule has 3 rings (SSSR count). The molecule has 160 valence electrons. The molecule has 0 unspecified atom stereocenters. The van der Waals surface area contributed by atoms with Crippen LogP contribution in [-0.4, -0.2) is 42.7 Å². The highest BCUT2D eigenvalue weighted by Crippen LogP contribution is 2.54. The molecule has 6 nitrogen and oxygen atoms in total. The Morgan fingerprint density at radius 2 is 1.07 bits per heavy atom. The first-order valence-corrected chi connectivity index (χ1v) is 10.7. The third-order valence-electron chi connectivity index (χ3n) is 4.89. The fraction of sp³-hybridized carbons (Fsp3) is 0.304. The lowest BCUT2D eigenvalue weighted by molar-refractivity contribution is 0.325. The molecule has 30 heavy (non-hydrogen) atoms. The molecule has 0 bridgehead atoms. The lowest BCUT2D eigenvalue weighted by Gasteiger charge is -2.26. The van der Waals surface area contributed by atoms with Crippen molar-refractivity contribution in [1.82, 2.24) is 0 Å². The van der Waals surface area contributed by atoms with Crippen LogP contribution in [0.3, 0.4) is 0 Å². The number of methoxy groups -OCH3 is 6. The zero-order valence-corrected chi connectivity index (χ0v) is 19.0. The van der Waals surface area contributed by atoms with Crippen LogP contribution in [0.15, 0.2) is 47.8 Å². The maximum absolute atomic E-state index is 5.81. The lowest BCUT2D eigenvalue weighted by atomic mass is 10.3. The van der Waals surface area contributed by atoms with Crippen molar-refractivity contribution in [3.8, 4) is 34.5 Å². The van der Waals surface area contributed by atoms with Crippen LogP contribution in [0.4, 0.5) is 0 Å². The van der Waals surface area contributed by atoms with E-state index in [1.165, 1.54) is 5.31 Å². The van der Waals surface area contributed by atoms with Crippen LogP contribution in [0.1, 0.15) is 6.42 Å². The van der Waals surface area contributed by atoms with E-state index in [-0.39, 0.29) is 0 Å². The van der Waals surface area contributed by atoms with E-state index >= 15 is 0 Å². The van der Waals surface area contributed by atoms with Crippen LogP contribution in [0.2, 0.25) is 0 Å². The zero-order valence-electron chi connectivity index (χ0n) is 18.1. The smallest absolute Gasteiger partial charge is 0.203 e. The summed E-state index contributed by atoms with van der Waals surface area (Å²) in [5, 5.41) is 3.28. The highest BCUT2D eigenvalue weighted by molar-refractivity contribution is 7.77. The van der Waals surface area contributed by atoms with Gasteiger partial charge in [0.05, 0.1) is 42.7 Å². The van der Waals surface area contributed by atoms with Crippen LogP contribution in [-0.2, 0) is 0 Å². The standard InChI is InChI=1S/C23H27O6P/c1-24-16-11-13-18(22(28-5)20(16)26-3)30(15-9-7-8-10-15)19-14-12-17(25-2)21(27-4)23(19)29-6/h7-9,11-14H,10H2,1-6H3. The number of hydrogen-bond acceptors (Lipinski definition) is 6. The van der Waals surface area contributed by atoms with E-state index < -0.39 is 7.92 Å². The molecule has 0 spiro atoms. The van der Waals surface area contributed by atoms with Gasteiger partial charge < -0.3 is 28.4 Å². The Morgan fingerprint density at radius 1 is 0.600 bits per heavy atom. The molecule has 1 aliphatic carbocycles. The fourth-order valence-electron chi connectivity index (χ4n) is 3.56. The van der Waals surface area contributed by atoms with Crippen molar-refractivity contribution >= 4 is 18.5 Å². The van der Waals surface area contributed by atoms with Gasteiger partial charge in [0, 0.05) is 10.6 Å². The van der Waals surface area contributed by atoms with Crippen LogP contribution in [0, 0.1) is 0 Å². The lowest BCUT2D eigenvalue weighted by Crippen LogP contribution is -2.18. The number of hydrogen-bond donors (Lipinski definition) is 0. The van der Waals surface area contributed by atoms with Gasteiger partial charge >= 0.3 is 0 Å². The fourth-order valence-corrected chi connectivity index (χ4v) is 6.20. The van der Waals surface area contributed by atoms with Crippen molar-refractivity contribution in [2.24, 2.45) is 0 Å². The first-order chi connectivity index (χ1) is 14.6. The summed E-state index contributed by atoms with van der Waals surface area (Å²) < 4.78 is 33.8. The van der Waals surface area contributed by atoms with E-state index in [0.717, 1.165) is 17.0 Å². The Labute approximate surface area is 178 Å². The Balaban J connectivity index is 2.30. The van der Waals surface area contributed by atoms with Crippen molar-refractivity contribution in [2.45, 2.75) is 6.42 Å². The summed E-state index contributed by atoms with van der Waals surface area (Å²) in [6, 6.07) is 7.87. The third-order valence-corrected chi connectivity index (χ3v) is 7.46. The highest BCUT2D eigenvalue weighted by atomic mass is 31.1. The van der Waals surface area contributed by atoms with Gasteiger partial charge in [-0.3, -0.25) is 0 Å². The average molecular weight is 430 g/mol. The molecule has 0 saturated heterocycles. The van der Waals surface area contributed by atoms with E-state index in [1.54, 1.807) is 42.7 Å². The summed E-state index contributed by atoms with van der Waals surface area (Å²) in [6.45, 7) is 0. The quantitative estimate of drug-likeness (QED) is 0.561. The molecule has 0 aliphatic heterocycles. The van der Waals surface area contributed by atoms with E-state index in [4.69, 9.17) is 28.4 Å². The molecular formula is C23H27O6P. The Hall–Kier alpha value is -2.85. The number of ether oxygens (including phenoxy) is 6. The van der Waals surface area contributed by atoms with Gasteiger partial charge in [0.25, 0.3) is 0 Å². The van der Waals surface area contributed by atoms with Gasteiger partial charge in [0.15, 0.2) is 23.0 Å². The Bertz CT molecular complexity index is 903. The first-order valence-electron chi connectivity index (χ1n) is 9.38. The maximum Gasteiger partial charge on any atom is 0.203 e. The molecule has 0 fully saturated rings. The van der Waals surface area contributed by atoms with Crippen LogP contribution >= 0.6 is 7.92 Å². The molecule has 0 amide bonds. The molecule has 0 saturated carbocycles. The van der Waals surface area contributed by atoms with Crippen LogP contribution in [0.25, 0.3) is 0 Å². The SMILES string of the molecule is COc1ccc(P(C2=CC=CC2)c2ccc(OC)c(OC)c2OC)c(OC)c1OC. The molecule has 0 N–H and O–H groups in total. The van der Waals surface area contributed by atoms with Gasteiger partial charge in [0.1, 0.15) is 0 Å². The van der Waals surface area contributed by atoms with Crippen LogP contribution in [0.5, 0.6) is 34.5 Å². The summed E-state index contributed by atoms with van der Waals surface area (Å²) in [4.78, 5) is 0. The number of allylic oxidation sites excluding steroid dienone is 4. The summed E-state index contributed by atoms with van der Waals surface area (Å²) in [6.07, 6.45) is 7.22. The maximum atomic E-state index is 5.81. The first kappa shape index (κ1) is 21.8. The Morgan fingerprint density at radius 3 is 1.40 bits per heavy atom. The molecule has 0 radical (unpaired) electrons. The van der Waals surface area contributed by atoms with Crippen molar-refractivity contribution < 1.29 is 28.4 Å².